The van der Waals surface area contributed by atoms with Crippen LogP contribution in [0.5, 0.6) is 0 Å². The Hall–Kier alpha value is -0.910. The minimum Gasteiger partial charge on any atom is -0.481 e. The Labute approximate surface area is 211 Å². The summed E-state index contributed by atoms with van der Waals surface area (Å²) in [4.78, 5) is 12.8. The molecule has 5 rings (SSSR count). The van der Waals surface area contributed by atoms with Crippen LogP contribution in [0.3, 0.4) is 0 Å². The van der Waals surface area contributed by atoms with Crippen LogP contribution in [-0.4, -0.2) is 44.7 Å². The van der Waals surface area contributed by atoms with Crippen LogP contribution in [0.15, 0.2) is 11.6 Å². The Kier molecular flexibility index (Phi) is 5.56. The van der Waals surface area contributed by atoms with Gasteiger partial charge in [-0.2, -0.15) is 0 Å². The number of rotatable bonds is 2. The van der Waals surface area contributed by atoms with Crippen molar-refractivity contribution in [2.45, 2.75) is 111 Å². The van der Waals surface area contributed by atoms with Crippen LogP contribution in [0, 0.1) is 50.7 Å². The summed E-state index contributed by atoms with van der Waals surface area (Å²) in [7, 11) is 0. The second-order valence-corrected chi connectivity index (χ2v) is 14.6. The molecule has 4 N–H and O–H groups in total. The van der Waals surface area contributed by atoms with Crippen molar-refractivity contribution in [2.24, 2.45) is 50.7 Å². The molecule has 0 aliphatic heterocycles. The van der Waals surface area contributed by atoms with Crippen molar-refractivity contribution in [3.05, 3.63) is 11.6 Å². The molecule has 0 aromatic heterocycles. The number of hydrogen-bond acceptors (Lipinski definition) is 4. The number of aliphatic hydroxyl groups is 3. The zero-order valence-corrected chi connectivity index (χ0v) is 22.7. The monoisotopic (exact) mass is 488 g/mol. The molecule has 0 radical (unpaired) electrons. The number of allylic oxidation sites excluding steroid dienone is 1. The van der Waals surface area contributed by atoms with Crippen molar-refractivity contribution in [1.82, 2.24) is 0 Å². The van der Waals surface area contributed by atoms with Crippen LogP contribution < -0.4 is 0 Å². The molecule has 5 aliphatic carbocycles. The van der Waals surface area contributed by atoms with E-state index in [0.717, 1.165) is 44.9 Å². The van der Waals surface area contributed by atoms with Crippen molar-refractivity contribution in [3.8, 4) is 0 Å². The Morgan fingerprint density at radius 2 is 1.66 bits per heavy atom. The van der Waals surface area contributed by atoms with Crippen LogP contribution in [0.2, 0.25) is 0 Å². The maximum atomic E-state index is 12.8. The largest absolute Gasteiger partial charge is 0.481 e. The highest BCUT2D eigenvalue weighted by atomic mass is 16.4. The average molecular weight is 489 g/mol. The zero-order chi connectivity index (χ0) is 25.8. The molecule has 0 aromatic carbocycles. The first-order valence-electron chi connectivity index (χ1n) is 14.1. The van der Waals surface area contributed by atoms with Crippen LogP contribution in [0.1, 0.15) is 99.3 Å². The molecule has 4 fully saturated rings. The quantitative estimate of drug-likeness (QED) is 0.402. The van der Waals surface area contributed by atoms with Gasteiger partial charge in [-0.05, 0) is 98.7 Å². The summed E-state index contributed by atoms with van der Waals surface area (Å²) < 4.78 is 0. The molecule has 0 heterocycles. The molecule has 11 atom stereocenters. The van der Waals surface area contributed by atoms with Gasteiger partial charge in [-0.3, -0.25) is 4.79 Å². The molecule has 5 nitrogen and oxygen atoms in total. The van der Waals surface area contributed by atoms with E-state index in [9.17, 15) is 25.2 Å². The van der Waals surface area contributed by atoms with Crippen molar-refractivity contribution in [1.29, 1.82) is 0 Å². The lowest BCUT2D eigenvalue weighted by atomic mass is 9.33. The molecule has 5 heteroatoms. The first-order valence-corrected chi connectivity index (χ1v) is 14.1. The second kappa shape index (κ2) is 7.57. The van der Waals surface area contributed by atoms with E-state index in [1.165, 1.54) is 5.57 Å². The van der Waals surface area contributed by atoms with Crippen molar-refractivity contribution < 1.29 is 25.2 Å². The molecule has 198 valence electrons. The minimum absolute atomic E-state index is 0.0115. The Balaban J connectivity index is 1.64. The fraction of sp³-hybridized carbons (Fsp3) is 0.900. The average Bonchev–Trinajstić information content (AvgIpc) is 2.79. The number of aliphatic carboxylic acids is 1. The molecule has 0 aromatic rings. The molecular formula is C30H48O5. The molecular weight excluding hydrogens is 440 g/mol. The normalized spacial score (nSPS) is 57.7. The molecule has 0 unspecified atom stereocenters. The number of hydrogen-bond donors (Lipinski definition) is 4. The summed E-state index contributed by atoms with van der Waals surface area (Å²) in [6.45, 7) is 13.3. The molecule has 0 saturated heterocycles. The Morgan fingerprint density at radius 3 is 2.29 bits per heavy atom. The fourth-order valence-corrected chi connectivity index (χ4v) is 10.9. The van der Waals surface area contributed by atoms with Gasteiger partial charge in [0.2, 0.25) is 0 Å². The zero-order valence-electron chi connectivity index (χ0n) is 22.7. The predicted octanol–water partition coefficient (Wildman–Crippen LogP) is 5.18. The van der Waals surface area contributed by atoms with E-state index in [4.69, 9.17) is 0 Å². The summed E-state index contributed by atoms with van der Waals surface area (Å²) in [5, 5.41) is 43.8. The van der Waals surface area contributed by atoms with E-state index in [0.29, 0.717) is 18.8 Å². The number of carbonyl (C=O) groups is 1. The van der Waals surface area contributed by atoms with E-state index >= 15 is 0 Å². The van der Waals surface area contributed by atoms with Crippen LogP contribution in [0.4, 0.5) is 0 Å². The Morgan fingerprint density at radius 1 is 0.971 bits per heavy atom. The van der Waals surface area contributed by atoms with E-state index in [-0.39, 0.29) is 40.6 Å². The third-order valence-electron chi connectivity index (χ3n) is 13.6. The number of carboxylic acid groups (broad SMARTS) is 1. The molecule has 35 heavy (non-hydrogen) atoms. The summed E-state index contributed by atoms with van der Waals surface area (Å²) >= 11 is 0. The first-order chi connectivity index (χ1) is 16.1. The van der Waals surface area contributed by atoms with Crippen LogP contribution in [-0.2, 0) is 4.79 Å². The van der Waals surface area contributed by atoms with E-state index in [1.807, 2.05) is 6.92 Å². The van der Waals surface area contributed by atoms with Gasteiger partial charge in [0.25, 0.3) is 0 Å². The maximum Gasteiger partial charge on any atom is 0.310 e. The minimum atomic E-state index is -1.04. The molecule has 5 aliphatic rings. The lowest BCUT2D eigenvalue weighted by Gasteiger charge is -2.71. The molecule has 4 saturated carbocycles. The van der Waals surface area contributed by atoms with Gasteiger partial charge in [0.05, 0.1) is 23.7 Å². The lowest BCUT2D eigenvalue weighted by Crippen LogP contribution is -2.68. The van der Waals surface area contributed by atoms with Gasteiger partial charge in [0.1, 0.15) is 0 Å². The highest BCUT2D eigenvalue weighted by Crippen LogP contribution is 2.76. The van der Waals surface area contributed by atoms with E-state index < -0.39 is 28.5 Å². The van der Waals surface area contributed by atoms with Gasteiger partial charge in [0, 0.05) is 11.3 Å². The SMILES string of the molecule is C[C@H]1CC[C@]2(C(=O)O)CC[C@]3(C)C(=CC[C@@H]4[C@@]5(C)CC[C@H](O)[C@@](C)(CO)[C@H]5CC[C@]43C)[C@H]2[C@]1(C)O. The molecule has 0 bridgehead atoms. The third-order valence-corrected chi connectivity index (χ3v) is 13.6. The standard InChI is InChI=1S/C30H48O5/c1-18-9-14-30(24(33)34)16-15-27(4)19(23(30)29(18,6)35)7-8-21-25(2)12-11-22(32)26(3,17-31)20(25)10-13-28(21,27)5/h7,18,20-23,31-32,35H,8-17H2,1-6H3,(H,33,34)/t18-,20-,21+,22-,23-,25-,26-,27+,28+,29+,30-/m0/s1. The summed E-state index contributed by atoms with van der Waals surface area (Å²) in [5.74, 6) is -0.356. The summed E-state index contributed by atoms with van der Waals surface area (Å²) in [6, 6.07) is 0. The van der Waals surface area contributed by atoms with E-state index in [1.54, 1.807) is 0 Å². The topological polar surface area (TPSA) is 98.0 Å². The van der Waals surface area contributed by atoms with Crippen molar-refractivity contribution >= 4 is 5.97 Å². The fourth-order valence-electron chi connectivity index (χ4n) is 10.9. The van der Waals surface area contributed by atoms with Crippen LogP contribution >= 0.6 is 0 Å². The number of aliphatic hydroxyl groups excluding tert-OH is 2. The number of fused-ring (bicyclic) bond motifs is 7. The van der Waals surface area contributed by atoms with Crippen molar-refractivity contribution in [2.75, 3.05) is 6.61 Å². The van der Waals surface area contributed by atoms with Gasteiger partial charge in [-0.1, -0.05) is 46.3 Å². The first kappa shape index (κ1) is 25.7. The van der Waals surface area contributed by atoms with Gasteiger partial charge in [-0.15, -0.1) is 0 Å². The second-order valence-electron chi connectivity index (χ2n) is 14.6. The molecule has 0 amide bonds. The van der Waals surface area contributed by atoms with Gasteiger partial charge >= 0.3 is 5.97 Å². The van der Waals surface area contributed by atoms with Gasteiger partial charge < -0.3 is 20.4 Å². The van der Waals surface area contributed by atoms with Crippen molar-refractivity contribution in [3.63, 3.8) is 0 Å². The predicted molar refractivity (Wildman–Crippen MR) is 135 cm³/mol. The van der Waals surface area contributed by atoms with Gasteiger partial charge in [-0.25, -0.2) is 0 Å². The number of carboxylic acids is 1. The highest BCUT2D eigenvalue weighted by Gasteiger charge is 2.71. The summed E-state index contributed by atoms with van der Waals surface area (Å²) in [6.07, 6.45) is 9.32. The highest BCUT2D eigenvalue weighted by molar-refractivity contribution is 5.77. The summed E-state index contributed by atoms with van der Waals surface area (Å²) in [5.41, 5.74) is -1.35. The maximum absolute atomic E-state index is 12.8. The van der Waals surface area contributed by atoms with E-state index in [2.05, 4.69) is 40.7 Å². The Bertz CT molecular complexity index is 941. The van der Waals surface area contributed by atoms with Crippen LogP contribution in [0.25, 0.3) is 0 Å². The smallest absolute Gasteiger partial charge is 0.310 e. The third kappa shape index (κ3) is 2.90. The molecule has 0 spiro atoms. The van der Waals surface area contributed by atoms with Gasteiger partial charge in [0.15, 0.2) is 0 Å². The lowest BCUT2D eigenvalue weighted by molar-refractivity contribution is -0.225.